The van der Waals surface area contributed by atoms with Crippen LogP contribution >= 0.6 is 0 Å². The fraction of sp³-hybridized carbons (Fsp3) is 0.455. The number of aromatic nitrogens is 1. The second-order valence-corrected chi connectivity index (χ2v) is 7.43. The predicted octanol–water partition coefficient (Wildman–Crippen LogP) is 4.24. The summed E-state index contributed by atoms with van der Waals surface area (Å²) in [7, 11) is 0. The quantitative estimate of drug-likeness (QED) is 0.810. The molecule has 0 spiro atoms. The first-order valence-electron chi connectivity index (χ1n) is 9.74. The molecule has 2 aliphatic rings. The van der Waals surface area contributed by atoms with Crippen molar-refractivity contribution in [2.24, 2.45) is 5.92 Å². The second kappa shape index (κ2) is 7.90. The van der Waals surface area contributed by atoms with Gasteiger partial charge < -0.3 is 9.64 Å². The van der Waals surface area contributed by atoms with Gasteiger partial charge in [0.1, 0.15) is 5.75 Å². The summed E-state index contributed by atoms with van der Waals surface area (Å²) in [5, 5.41) is 0. The number of amides is 1. The van der Waals surface area contributed by atoms with Crippen molar-refractivity contribution < 1.29 is 9.53 Å². The predicted molar refractivity (Wildman–Crippen MR) is 101 cm³/mol. The van der Waals surface area contributed by atoms with Gasteiger partial charge in [0.25, 0.3) is 5.91 Å². The molecule has 2 aromatic rings. The third-order valence-corrected chi connectivity index (χ3v) is 5.51. The lowest BCUT2D eigenvalue weighted by atomic mass is 9.88. The molecule has 26 heavy (non-hydrogen) atoms. The van der Waals surface area contributed by atoms with Crippen LogP contribution in [0.1, 0.15) is 53.7 Å². The first kappa shape index (κ1) is 17.1. The van der Waals surface area contributed by atoms with Crippen LogP contribution in [0.2, 0.25) is 0 Å². The Bertz CT molecular complexity index is 754. The highest BCUT2D eigenvalue weighted by molar-refractivity contribution is 5.94. The Balaban J connectivity index is 1.55. The number of rotatable bonds is 5. The van der Waals surface area contributed by atoms with E-state index in [4.69, 9.17) is 4.74 Å². The van der Waals surface area contributed by atoms with Crippen LogP contribution < -0.4 is 4.74 Å². The maximum Gasteiger partial charge on any atom is 0.254 e. The first-order chi connectivity index (χ1) is 12.8. The smallest absolute Gasteiger partial charge is 0.254 e. The Morgan fingerprint density at radius 1 is 1.15 bits per heavy atom. The van der Waals surface area contributed by atoms with Crippen molar-refractivity contribution in [3.05, 3.63) is 59.4 Å². The van der Waals surface area contributed by atoms with Crippen molar-refractivity contribution in [1.29, 1.82) is 0 Å². The lowest BCUT2D eigenvalue weighted by Crippen LogP contribution is -2.36. The van der Waals surface area contributed by atoms with E-state index in [0.717, 1.165) is 35.5 Å². The molecule has 0 atom stereocenters. The molecule has 4 heteroatoms. The standard InChI is InChI=1S/C22H26N2O2/c25-22(19-9-10-21-18(14-19)11-13-26-21)24(15-17-6-2-1-3-7-17)16-20-8-4-5-12-23-20/h4-5,8-10,12,14,17H,1-3,6-7,11,13,15-16H2. The van der Waals surface area contributed by atoms with E-state index in [2.05, 4.69) is 4.98 Å². The molecule has 0 radical (unpaired) electrons. The average Bonchev–Trinajstić information content (AvgIpc) is 3.16. The minimum atomic E-state index is 0.107. The molecule has 1 aliphatic heterocycles. The maximum atomic E-state index is 13.3. The van der Waals surface area contributed by atoms with Crippen molar-refractivity contribution in [1.82, 2.24) is 9.88 Å². The third-order valence-electron chi connectivity index (χ3n) is 5.51. The zero-order valence-electron chi connectivity index (χ0n) is 15.2. The van der Waals surface area contributed by atoms with Crippen LogP contribution in [-0.2, 0) is 13.0 Å². The highest BCUT2D eigenvalue weighted by atomic mass is 16.5. The summed E-state index contributed by atoms with van der Waals surface area (Å²) >= 11 is 0. The number of carbonyl (C=O) groups excluding carboxylic acids is 1. The maximum absolute atomic E-state index is 13.3. The SMILES string of the molecule is O=C(c1ccc2c(c1)CCO2)N(Cc1ccccn1)CC1CCCCC1. The average molecular weight is 350 g/mol. The molecule has 2 heterocycles. The molecule has 0 N–H and O–H groups in total. The van der Waals surface area contributed by atoms with Gasteiger partial charge in [-0.05, 0) is 54.7 Å². The van der Waals surface area contributed by atoms with E-state index in [1.54, 1.807) is 6.20 Å². The fourth-order valence-electron chi connectivity index (χ4n) is 4.09. The van der Waals surface area contributed by atoms with Gasteiger partial charge in [0.05, 0.1) is 18.8 Å². The van der Waals surface area contributed by atoms with Gasteiger partial charge in [0.2, 0.25) is 0 Å². The summed E-state index contributed by atoms with van der Waals surface area (Å²) in [6.07, 6.45) is 9.03. The van der Waals surface area contributed by atoms with Gasteiger partial charge in [-0.15, -0.1) is 0 Å². The van der Waals surface area contributed by atoms with Crippen LogP contribution in [0, 0.1) is 5.92 Å². The second-order valence-electron chi connectivity index (χ2n) is 7.43. The number of hydrogen-bond acceptors (Lipinski definition) is 3. The van der Waals surface area contributed by atoms with Crippen molar-refractivity contribution in [2.45, 2.75) is 45.1 Å². The van der Waals surface area contributed by atoms with E-state index in [0.29, 0.717) is 19.1 Å². The molecule has 4 nitrogen and oxygen atoms in total. The minimum absolute atomic E-state index is 0.107. The molecule has 1 aromatic carbocycles. The van der Waals surface area contributed by atoms with Gasteiger partial charge in [-0.1, -0.05) is 25.3 Å². The summed E-state index contributed by atoms with van der Waals surface area (Å²) in [6, 6.07) is 11.7. The first-order valence-corrected chi connectivity index (χ1v) is 9.74. The lowest BCUT2D eigenvalue weighted by molar-refractivity contribution is 0.0696. The summed E-state index contributed by atoms with van der Waals surface area (Å²) < 4.78 is 5.58. The largest absolute Gasteiger partial charge is 0.493 e. The van der Waals surface area contributed by atoms with E-state index in [1.807, 2.05) is 41.3 Å². The van der Waals surface area contributed by atoms with E-state index in [1.165, 1.54) is 32.1 Å². The summed E-state index contributed by atoms with van der Waals surface area (Å²) in [4.78, 5) is 19.7. The zero-order valence-corrected chi connectivity index (χ0v) is 15.2. The molecule has 1 amide bonds. The van der Waals surface area contributed by atoms with Crippen LogP contribution in [0.3, 0.4) is 0 Å². The molecule has 136 valence electrons. The summed E-state index contributed by atoms with van der Waals surface area (Å²) in [6.45, 7) is 2.11. The van der Waals surface area contributed by atoms with Crippen LogP contribution in [-0.4, -0.2) is 28.9 Å². The van der Waals surface area contributed by atoms with Crippen LogP contribution in [0.5, 0.6) is 5.75 Å². The molecule has 0 unspecified atom stereocenters. The van der Waals surface area contributed by atoms with Gasteiger partial charge in [-0.2, -0.15) is 0 Å². The van der Waals surface area contributed by atoms with Crippen molar-refractivity contribution in [2.75, 3.05) is 13.2 Å². The minimum Gasteiger partial charge on any atom is -0.493 e. The summed E-state index contributed by atoms with van der Waals surface area (Å²) in [5.74, 6) is 1.63. The van der Waals surface area contributed by atoms with E-state index in [-0.39, 0.29) is 5.91 Å². The lowest BCUT2D eigenvalue weighted by Gasteiger charge is -2.30. The van der Waals surface area contributed by atoms with Crippen LogP contribution in [0.4, 0.5) is 0 Å². The van der Waals surface area contributed by atoms with Gasteiger partial charge in [0.15, 0.2) is 0 Å². The molecule has 1 aliphatic carbocycles. The number of pyridine rings is 1. The van der Waals surface area contributed by atoms with Gasteiger partial charge >= 0.3 is 0 Å². The van der Waals surface area contributed by atoms with E-state index >= 15 is 0 Å². The molecular formula is C22H26N2O2. The number of nitrogens with zero attached hydrogens (tertiary/aromatic N) is 2. The number of benzene rings is 1. The van der Waals surface area contributed by atoms with Crippen LogP contribution in [0.25, 0.3) is 0 Å². The zero-order chi connectivity index (χ0) is 17.8. The molecule has 4 rings (SSSR count). The third kappa shape index (κ3) is 3.90. The Hall–Kier alpha value is -2.36. The molecule has 1 aromatic heterocycles. The van der Waals surface area contributed by atoms with Gasteiger partial charge in [-0.3, -0.25) is 9.78 Å². The van der Waals surface area contributed by atoms with Crippen molar-refractivity contribution in [3.63, 3.8) is 0 Å². The summed E-state index contributed by atoms with van der Waals surface area (Å²) in [5.41, 5.74) is 2.86. The van der Waals surface area contributed by atoms with E-state index in [9.17, 15) is 4.79 Å². The fourth-order valence-corrected chi connectivity index (χ4v) is 4.09. The van der Waals surface area contributed by atoms with Gasteiger partial charge in [-0.25, -0.2) is 0 Å². The topological polar surface area (TPSA) is 42.4 Å². The van der Waals surface area contributed by atoms with Gasteiger partial charge in [0, 0.05) is 24.7 Å². The Labute approximate surface area is 155 Å². The molecule has 0 bridgehead atoms. The highest BCUT2D eigenvalue weighted by Gasteiger charge is 2.24. The Morgan fingerprint density at radius 3 is 2.85 bits per heavy atom. The molecule has 1 fully saturated rings. The number of carbonyl (C=O) groups is 1. The van der Waals surface area contributed by atoms with Crippen molar-refractivity contribution in [3.8, 4) is 5.75 Å². The monoisotopic (exact) mass is 350 g/mol. The molecule has 1 saturated carbocycles. The van der Waals surface area contributed by atoms with Crippen molar-refractivity contribution >= 4 is 5.91 Å². The number of ether oxygens (including phenoxy) is 1. The molecule has 0 saturated heterocycles. The number of fused-ring (bicyclic) bond motifs is 1. The number of hydrogen-bond donors (Lipinski definition) is 0. The van der Waals surface area contributed by atoms with Crippen LogP contribution in [0.15, 0.2) is 42.6 Å². The Morgan fingerprint density at radius 2 is 2.04 bits per heavy atom. The Kier molecular flexibility index (Phi) is 5.19. The molecular weight excluding hydrogens is 324 g/mol. The highest BCUT2D eigenvalue weighted by Crippen LogP contribution is 2.28. The van der Waals surface area contributed by atoms with E-state index < -0.39 is 0 Å². The normalized spacial score (nSPS) is 16.8.